The fourth-order valence-electron chi connectivity index (χ4n) is 2.86. The van der Waals surface area contributed by atoms with Gasteiger partial charge in [0.25, 0.3) is 5.56 Å². The van der Waals surface area contributed by atoms with Gasteiger partial charge in [-0.05, 0) is 38.2 Å². The van der Waals surface area contributed by atoms with E-state index in [0.29, 0.717) is 16.7 Å². The molecule has 1 aromatic heterocycles. The van der Waals surface area contributed by atoms with Crippen LogP contribution in [0.2, 0.25) is 0 Å². The smallest absolute Gasteiger partial charge is 0.324 e. The van der Waals surface area contributed by atoms with Crippen molar-refractivity contribution in [1.29, 1.82) is 0 Å². The monoisotopic (exact) mass is 404 g/mol. The molecule has 3 rings (SSSR count). The number of alkyl halides is 3. The van der Waals surface area contributed by atoms with Gasteiger partial charge in [0.15, 0.2) is 0 Å². The highest BCUT2D eigenvalue weighted by atomic mass is 19.4. The van der Waals surface area contributed by atoms with Gasteiger partial charge in [0.2, 0.25) is 5.91 Å². The van der Waals surface area contributed by atoms with Crippen molar-refractivity contribution in [2.75, 3.05) is 12.4 Å². The molecular formula is C20H19F3N4O2. The van der Waals surface area contributed by atoms with Gasteiger partial charge in [-0.3, -0.25) is 14.5 Å². The molecule has 0 fully saturated rings. The van der Waals surface area contributed by atoms with E-state index < -0.39 is 23.7 Å². The molecule has 0 aliphatic rings. The third kappa shape index (κ3) is 4.62. The zero-order chi connectivity index (χ0) is 21.2. The first kappa shape index (κ1) is 20.5. The zero-order valence-electron chi connectivity index (χ0n) is 15.7. The number of fused-ring (bicyclic) bond motifs is 1. The first-order valence-corrected chi connectivity index (χ1v) is 8.82. The Bertz CT molecular complexity index is 1090. The topological polar surface area (TPSA) is 78.1 Å². The Morgan fingerprint density at radius 2 is 1.83 bits per heavy atom. The molecule has 0 aliphatic heterocycles. The summed E-state index contributed by atoms with van der Waals surface area (Å²) in [6.07, 6.45) is -4.58. The van der Waals surface area contributed by atoms with E-state index in [9.17, 15) is 22.8 Å². The van der Waals surface area contributed by atoms with Crippen molar-refractivity contribution in [1.82, 2.24) is 14.9 Å². The number of carbonyl (C=O) groups is 1. The number of para-hydroxylation sites is 2. The average molecular weight is 404 g/mol. The normalized spacial score (nSPS) is 12.9. The van der Waals surface area contributed by atoms with Crippen LogP contribution in [0.15, 0.2) is 53.3 Å². The number of amides is 1. The van der Waals surface area contributed by atoms with Crippen LogP contribution < -0.4 is 10.9 Å². The van der Waals surface area contributed by atoms with Gasteiger partial charge in [-0.2, -0.15) is 13.2 Å². The minimum absolute atomic E-state index is 0.135. The van der Waals surface area contributed by atoms with Crippen molar-refractivity contribution in [2.24, 2.45) is 0 Å². The molecule has 0 bridgehead atoms. The molecule has 9 heteroatoms. The summed E-state index contributed by atoms with van der Waals surface area (Å²) >= 11 is 0. The second kappa shape index (κ2) is 8.04. The van der Waals surface area contributed by atoms with E-state index >= 15 is 0 Å². The number of hydrogen-bond donors (Lipinski definition) is 2. The van der Waals surface area contributed by atoms with Crippen LogP contribution >= 0.6 is 0 Å². The van der Waals surface area contributed by atoms with Crippen molar-refractivity contribution >= 4 is 22.5 Å². The van der Waals surface area contributed by atoms with Crippen LogP contribution in [-0.4, -0.2) is 33.9 Å². The summed E-state index contributed by atoms with van der Waals surface area (Å²) in [5, 5.41) is 2.78. The van der Waals surface area contributed by atoms with Gasteiger partial charge < -0.3 is 10.3 Å². The van der Waals surface area contributed by atoms with Gasteiger partial charge in [-0.25, -0.2) is 4.98 Å². The number of hydrogen-bond acceptors (Lipinski definition) is 4. The number of nitrogens with one attached hydrogen (secondary N) is 2. The van der Waals surface area contributed by atoms with E-state index in [0.717, 1.165) is 6.07 Å². The molecule has 1 amide bonds. The molecule has 1 heterocycles. The number of H-pyrrole nitrogens is 1. The molecule has 0 aliphatic carbocycles. The van der Waals surface area contributed by atoms with Crippen molar-refractivity contribution in [3.8, 4) is 0 Å². The number of halogens is 3. The Morgan fingerprint density at radius 3 is 2.55 bits per heavy atom. The summed E-state index contributed by atoms with van der Waals surface area (Å²) in [6, 6.07) is 10.9. The number of benzene rings is 2. The van der Waals surface area contributed by atoms with Crippen molar-refractivity contribution in [3.05, 3.63) is 70.3 Å². The van der Waals surface area contributed by atoms with Gasteiger partial charge >= 0.3 is 6.18 Å². The van der Waals surface area contributed by atoms with Crippen LogP contribution in [0.1, 0.15) is 18.3 Å². The second-order valence-corrected chi connectivity index (χ2v) is 6.65. The van der Waals surface area contributed by atoms with Crippen molar-refractivity contribution < 1.29 is 18.0 Å². The highest BCUT2D eigenvalue weighted by Gasteiger charge is 2.34. The van der Waals surface area contributed by atoms with Crippen LogP contribution in [0.25, 0.3) is 10.9 Å². The first-order chi connectivity index (χ1) is 13.7. The Balaban J connectivity index is 1.75. The van der Waals surface area contributed by atoms with Crippen LogP contribution in [0, 0.1) is 0 Å². The van der Waals surface area contributed by atoms with Crippen LogP contribution in [0.4, 0.5) is 18.9 Å². The average Bonchev–Trinajstić information content (AvgIpc) is 2.67. The lowest BCUT2D eigenvalue weighted by atomic mass is 10.1. The van der Waals surface area contributed by atoms with Crippen molar-refractivity contribution in [3.63, 3.8) is 0 Å². The predicted molar refractivity (Wildman–Crippen MR) is 103 cm³/mol. The van der Waals surface area contributed by atoms with Crippen LogP contribution in [0.5, 0.6) is 0 Å². The molecule has 0 saturated heterocycles. The predicted octanol–water partition coefficient (Wildman–Crippen LogP) is 3.40. The largest absolute Gasteiger partial charge is 0.418 e. The third-order valence-electron chi connectivity index (χ3n) is 4.59. The van der Waals surface area contributed by atoms with Gasteiger partial charge in [0, 0.05) is 0 Å². The number of nitrogens with zero attached hydrogens (tertiary/aromatic N) is 2. The Kier molecular flexibility index (Phi) is 5.69. The summed E-state index contributed by atoms with van der Waals surface area (Å²) in [6.45, 7) is 1.69. The Morgan fingerprint density at radius 1 is 1.17 bits per heavy atom. The van der Waals surface area contributed by atoms with E-state index in [1.807, 2.05) is 0 Å². The van der Waals surface area contributed by atoms with Gasteiger partial charge in [0.05, 0.1) is 34.7 Å². The maximum absolute atomic E-state index is 13.1. The minimum atomic E-state index is -4.58. The molecule has 29 heavy (non-hydrogen) atoms. The number of likely N-dealkylation sites (N-methyl/N-ethyl adjacent to an activating group) is 1. The lowest BCUT2D eigenvalue weighted by Crippen LogP contribution is -2.40. The Labute approximate surface area is 164 Å². The third-order valence-corrected chi connectivity index (χ3v) is 4.59. The highest BCUT2D eigenvalue weighted by Crippen LogP contribution is 2.34. The molecule has 6 nitrogen and oxygen atoms in total. The zero-order valence-corrected chi connectivity index (χ0v) is 15.7. The van der Waals surface area contributed by atoms with Crippen LogP contribution in [-0.2, 0) is 17.5 Å². The lowest BCUT2D eigenvalue weighted by molar-refractivity contribution is -0.137. The SMILES string of the molecule is C[C@H](C(=O)Nc1ccccc1C(F)(F)F)N(C)Cc1nc2ccccc2c(=O)[nH]1. The molecule has 3 aromatic rings. The molecule has 1 atom stereocenters. The first-order valence-electron chi connectivity index (χ1n) is 8.82. The second-order valence-electron chi connectivity index (χ2n) is 6.65. The maximum Gasteiger partial charge on any atom is 0.418 e. The van der Waals surface area contributed by atoms with Crippen molar-refractivity contribution in [2.45, 2.75) is 25.7 Å². The number of anilines is 1. The fraction of sp³-hybridized carbons (Fsp3) is 0.250. The fourth-order valence-corrected chi connectivity index (χ4v) is 2.86. The highest BCUT2D eigenvalue weighted by molar-refractivity contribution is 5.95. The molecule has 0 radical (unpaired) electrons. The molecule has 0 saturated carbocycles. The molecule has 2 N–H and O–H groups in total. The van der Waals surface area contributed by atoms with Gasteiger partial charge in [0.1, 0.15) is 5.82 Å². The molecular weight excluding hydrogens is 385 g/mol. The van der Waals surface area contributed by atoms with E-state index in [1.54, 1.807) is 43.1 Å². The molecule has 2 aromatic carbocycles. The van der Waals surface area contributed by atoms with E-state index in [2.05, 4.69) is 15.3 Å². The lowest BCUT2D eigenvalue weighted by Gasteiger charge is -2.24. The molecule has 152 valence electrons. The summed E-state index contributed by atoms with van der Waals surface area (Å²) in [7, 11) is 1.62. The minimum Gasteiger partial charge on any atom is -0.324 e. The Hall–Kier alpha value is -3.20. The molecule has 0 unspecified atom stereocenters. The quantitative estimate of drug-likeness (QED) is 0.683. The number of aromatic nitrogens is 2. The van der Waals surface area contributed by atoms with Gasteiger partial charge in [-0.15, -0.1) is 0 Å². The summed E-state index contributed by atoms with van der Waals surface area (Å²) in [5.41, 5.74) is -0.989. The van der Waals surface area contributed by atoms with E-state index in [1.165, 1.54) is 18.2 Å². The molecule has 0 spiro atoms. The maximum atomic E-state index is 13.1. The standard InChI is InChI=1S/C20H19F3N4O2/c1-12(18(28)25-16-10-6-4-8-14(16)20(21,22)23)27(2)11-17-24-15-9-5-3-7-13(15)19(29)26-17/h3-10,12H,11H2,1-2H3,(H,25,28)(H,24,26,29)/t12-/m1/s1. The van der Waals surface area contributed by atoms with E-state index in [4.69, 9.17) is 0 Å². The van der Waals surface area contributed by atoms with E-state index in [-0.39, 0.29) is 17.8 Å². The summed E-state index contributed by atoms with van der Waals surface area (Å²) in [4.78, 5) is 33.3. The number of aromatic amines is 1. The number of rotatable bonds is 5. The number of carbonyl (C=O) groups excluding carboxylic acids is 1. The summed E-state index contributed by atoms with van der Waals surface area (Å²) in [5.74, 6) is -0.251. The summed E-state index contributed by atoms with van der Waals surface area (Å²) < 4.78 is 39.3. The van der Waals surface area contributed by atoms with Crippen LogP contribution in [0.3, 0.4) is 0 Å². The van der Waals surface area contributed by atoms with Gasteiger partial charge in [-0.1, -0.05) is 24.3 Å².